The number of anilines is 1. The summed E-state index contributed by atoms with van der Waals surface area (Å²) in [5.74, 6) is -1.93. The highest BCUT2D eigenvalue weighted by atomic mass is 35.5. The van der Waals surface area contributed by atoms with Gasteiger partial charge in [-0.05, 0) is 26.0 Å². The molecule has 1 aromatic rings. The van der Waals surface area contributed by atoms with Gasteiger partial charge in [0.05, 0.1) is 12.1 Å². The van der Waals surface area contributed by atoms with Crippen LogP contribution in [-0.2, 0) is 0 Å². The molecule has 0 saturated carbocycles. The second-order valence-electron chi connectivity index (χ2n) is 4.84. The number of hydrogen-bond acceptors (Lipinski definition) is 2. The van der Waals surface area contributed by atoms with Gasteiger partial charge in [-0.1, -0.05) is 11.6 Å². The summed E-state index contributed by atoms with van der Waals surface area (Å²) >= 11 is 5.47. The Kier molecular flexibility index (Phi) is 4.70. The third-order valence-corrected chi connectivity index (χ3v) is 2.43. The molecule has 106 valence electrons. The van der Waals surface area contributed by atoms with Crippen LogP contribution in [-0.4, -0.2) is 35.2 Å². The summed E-state index contributed by atoms with van der Waals surface area (Å²) in [4.78, 5) is 12.8. The van der Waals surface area contributed by atoms with Crippen LogP contribution in [0.5, 0.6) is 0 Å². The normalized spacial score (nSPS) is 11.3. The van der Waals surface area contributed by atoms with Crippen LogP contribution in [0.25, 0.3) is 0 Å². The molecule has 0 bridgehead atoms. The Bertz CT molecular complexity index is 466. The summed E-state index contributed by atoms with van der Waals surface area (Å²) in [5, 5.41) is 11.6. The number of hydrogen-bond donors (Lipinski definition) is 2. The quantitative estimate of drug-likeness (QED) is 0.900. The zero-order valence-electron chi connectivity index (χ0n) is 10.8. The number of likely N-dealkylation sites (N-methyl/N-ethyl adjacent to an activating group) is 1. The molecule has 0 saturated heterocycles. The highest BCUT2D eigenvalue weighted by Gasteiger charge is 2.21. The van der Waals surface area contributed by atoms with E-state index in [-0.39, 0.29) is 11.6 Å². The van der Waals surface area contributed by atoms with Crippen LogP contribution in [0.1, 0.15) is 13.8 Å². The molecule has 1 rings (SSSR count). The third kappa shape index (κ3) is 4.65. The monoisotopic (exact) mass is 292 g/mol. The van der Waals surface area contributed by atoms with Crippen LogP contribution in [0, 0.1) is 11.6 Å². The number of aliphatic hydroxyl groups is 1. The topological polar surface area (TPSA) is 52.6 Å². The van der Waals surface area contributed by atoms with E-state index in [9.17, 15) is 18.7 Å². The van der Waals surface area contributed by atoms with Crippen molar-refractivity contribution in [2.45, 2.75) is 19.4 Å². The molecule has 2 N–H and O–H groups in total. The minimum absolute atomic E-state index is 0.00958. The molecule has 0 radical (unpaired) electrons. The lowest BCUT2D eigenvalue weighted by Gasteiger charge is -2.25. The molecule has 2 amide bonds. The maximum Gasteiger partial charge on any atom is 0.321 e. The predicted octanol–water partition coefficient (Wildman–Crippen LogP) is 2.85. The van der Waals surface area contributed by atoms with Crippen LogP contribution in [0.2, 0.25) is 5.02 Å². The van der Waals surface area contributed by atoms with Crippen molar-refractivity contribution in [2.75, 3.05) is 18.9 Å². The van der Waals surface area contributed by atoms with Gasteiger partial charge in [0, 0.05) is 12.1 Å². The van der Waals surface area contributed by atoms with E-state index < -0.39 is 29.0 Å². The largest absolute Gasteiger partial charge is 0.389 e. The van der Waals surface area contributed by atoms with Gasteiger partial charge in [-0.25, -0.2) is 13.6 Å². The van der Waals surface area contributed by atoms with Crippen LogP contribution in [0.15, 0.2) is 12.1 Å². The van der Waals surface area contributed by atoms with Crippen molar-refractivity contribution in [1.82, 2.24) is 4.90 Å². The fraction of sp³-hybridized carbons (Fsp3) is 0.417. The fourth-order valence-corrected chi connectivity index (χ4v) is 1.71. The molecule has 0 spiro atoms. The van der Waals surface area contributed by atoms with Crippen molar-refractivity contribution in [3.8, 4) is 0 Å². The van der Waals surface area contributed by atoms with Crippen LogP contribution >= 0.6 is 11.6 Å². The molecular formula is C12H15ClF2N2O2. The number of nitrogens with zero attached hydrogens (tertiary/aromatic N) is 1. The highest BCUT2D eigenvalue weighted by molar-refractivity contribution is 6.30. The van der Waals surface area contributed by atoms with E-state index >= 15 is 0 Å². The SMILES string of the molecule is CN(CC(C)(C)O)C(=O)Nc1c(F)cc(Cl)cc1F. The molecular weight excluding hydrogens is 278 g/mol. The van der Waals surface area contributed by atoms with Crippen molar-refractivity contribution >= 4 is 23.3 Å². The minimum atomic E-state index is -1.11. The van der Waals surface area contributed by atoms with E-state index in [1.165, 1.54) is 20.9 Å². The Morgan fingerprint density at radius 2 is 1.89 bits per heavy atom. The fourth-order valence-electron chi connectivity index (χ4n) is 1.52. The molecule has 0 atom stereocenters. The van der Waals surface area contributed by atoms with Crippen molar-refractivity contribution in [2.24, 2.45) is 0 Å². The van der Waals surface area contributed by atoms with E-state index in [1.54, 1.807) is 0 Å². The molecule has 19 heavy (non-hydrogen) atoms. The number of benzene rings is 1. The number of carbonyl (C=O) groups excluding carboxylic acids is 1. The Balaban J connectivity index is 2.83. The summed E-state index contributed by atoms with van der Waals surface area (Å²) in [6, 6.07) is 1.06. The number of halogens is 3. The molecule has 0 unspecified atom stereocenters. The lowest BCUT2D eigenvalue weighted by Crippen LogP contribution is -2.41. The van der Waals surface area contributed by atoms with E-state index in [0.29, 0.717) is 0 Å². The molecule has 0 aliphatic heterocycles. The van der Waals surface area contributed by atoms with Gasteiger partial charge in [0.1, 0.15) is 5.69 Å². The van der Waals surface area contributed by atoms with Crippen LogP contribution < -0.4 is 5.32 Å². The number of amides is 2. The Morgan fingerprint density at radius 3 is 2.32 bits per heavy atom. The zero-order valence-corrected chi connectivity index (χ0v) is 11.6. The van der Waals surface area contributed by atoms with Crippen LogP contribution in [0.4, 0.5) is 19.3 Å². The van der Waals surface area contributed by atoms with E-state index in [2.05, 4.69) is 5.32 Å². The minimum Gasteiger partial charge on any atom is -0.389 e. The lowest BCUT2D eigenvalue weighted by molar-refractivity contribution is 0.0550. The number of rotatable bonds is 3. The van der Waals surface area contributed by atoms with Gasteiger partial charge < -0.3 is 15.3 Å². The first-order chi connectivity index (χ1) is 8.60. The molecule has 1 aromatic carbocycles. The lowest BCUT2D eigenvalue weighted by atomic mass is 10.1. The van der Waals surface area contributed by atoms with Gasteiger partial charge in [-0.3, -0.25) is 0 Å². The summed E-state index contributed by atoms with van der Waals surface area (Å²) < 4.78 is 26.9. The van der Waals surface area contributed by atoms with Crippen molar-refractivity contribution in [1.29, 1.82) is 0 Å². The Hall–Kier alpha value is -1.40. The maximum atomic E-state index is 13.5. The third-order valence-electron chi connectivity index (χ3n) is 2.21. The maximum absolute atomic E-state index is 13.5. The smallest absolute Gasteiger partial charge is 0.321 e. The van der Waals surface area contributed by atoms with Gasteiger partial charge in [0.2, 0.25) is 0 Å². The first kappa shape index (κ1) is 15.7. The van der Waals surface area contributed by atoms with E-state index in [4.69, 9.17) is 11.6 Å². The Morgan fingerprint density at radius 1 is 1.42 bits per heavy atom. The molecule has 7 heteroatoms. The molecule has 0 fully saturated rings. The number of carbonyl (C=O) groups is 1. The van der Waals surface area contributed by atoms with Crippen molar-refractivity contribution < 1.29 is 18.7 Å². The Labute approximate surface area is 115 Å². The standard InChI is InChI=1S/C12H15ClF2N2O2/c1-12(2,19)6-17(3)11(18)16-10-8(14)4-7(13)5-9(10)15/h4-5,19H,6H2,1-3H3,(H,16,18). The predicted molar refractivity (Wildman–Crippen MR) is 69.3 cm³/mol. The van der Waals surface area contributed by atoms with E-state index in [0.717, 1.165) is 17.0 Å². The zero-order chi connectivity index (χ0) is 14.8. The van der Waals surface area contributed by atoms with Crippen LogP contribution in [0.3, 0.4) is 0 Å². The molecule has 4 nitrogen and oxygen atoms in total. The second kappa shape index (κ2) is 5.71. The molecule has 0 aliphatic rings. The molecule has 0 aliphatic carbocycles. The summed E-state index contributed by atoms with van der Waals surface area (Å²) in [5.41, 5.74) is -1.68. The van der Waals surface area contributed by atoms with Gasteiger partial charge in [0.25, 0.3) is 0 Å². The summed E-state index contributed by atoms with van der Waals surface area (Å²) in [6.07, 6.45) is 0. The first-order valence-electron chi connectivity index (χ1n) is 5.49. The van der Waals surface area contributed by atoms with Gasteiger partial charge in [-0.15, -0.1) is 0 Å². The second-order valence-corrected chi connectivity index (χ2v) is 5.28. The first-order valence-corrected chi connectivity index (χ1v) is 5.87. The highest BCUT2D eigenvalue weighted by Crippen LogP contribution is 2.23. The summed E-state index contributed by atoms with van der Waals surface area (Å²) in [7, 11) is 1.40. The van der Waals surface area contributed by atoms with E-state index in [1.807, 2.05) is 0 Å². The molecule has 0 heterocycles. The van der Waals surface area contributed by atoms with Crippen molar-refractivity contribution in [3.05, 3.63) is 28.8 Å². The van der Waals surface area contributed by atoms with Crippen molar-refractivity contribution in [3.63, 3.8) is 0 Å². The molecule has 0 aromatic heterocycles. The number of urea groups is 1. The average molecular weight is 293 g/mol. The summed E-state index contributed by atoms with van der Waals surface area (Å²) in [6.45, 7) is 3.04. The number of nitrogens with one attached hydrogen (secondary N) is 1. The van der Waals surface area contributed by atoms with Gasteiger partial charge in [0.15, 0.2) is 11.6 Å². The van der Waals surface area contributed by atoms with Gasteiger partial charge in [-0.2, -0.15) is 0 Å². The average Bonchev–Trinajstić information content (AvgIpc) is 2.20. The van der Waals surface area contributed by atoms with Gasteiger partial charge >= 0.3 is 6.03 Å².